The van der Waals surface area contributed by atoms with Crippen LogP contribution in [0.2, 0.25) is 0 Å². The Bertz CT molecular complexity index is 505. The molecule has 0 bridgehead atoms. The molecule has 0 aliphatic carbocycles. The van der Waals surface area contributed by atoms with Crippen LogP contribution in [0.25, 0.3) is 0 Å². The van der Waals surface area contributed by atoms with Gasteiger partial charge in [0.1, 0.15) is 0 Å². The second-order valence-corrected chi connectivity index (χ2v) is 6.25. The molecule has 0 aromatic heterocycles. The first-order valence-electron chi connectivity index (χ1n) is 7.62. The molecule has 0 spiro atoms. The van der Waals surface area contributed by atoms with Gasteiger partial charge in [-0.1, -0.05) is 19.9 Å². The molecule has 2 rings (SSSR count). The first kappa shape index (κ1) is 15.9. The normalized spacial score (nSPS) is 20.5. The Balaban J connectivity index is 1.98. The molecule has 1 atom stereocenters. The summed E-state index contributed by atoms with van der Waals surface area (Å²) in [4.78, 5) is 12.3. The predicted molar refractivity (Wildman–Crippen MR) is 80.5 cm³/mol. The van der Waals surface area contributed by atoms with Crippen LogP contribution in [-0.4, -0.2) is 22.9 Å². The molecule has 0 amide bonds. The van der Waals surface area contributed by atoms with E-state index in [2.05, 4.69) is 18.7 Å². The van der Waals surface area contributed by atoms with Crippen molar-refractivity contribution in [3.63, 3.8) is 0 Å². The molecule has 0 N–H and O–H groups in total. The van der Waals surface area contributed by atoms with E-state index in [1.807, 2.05) is 0 Å². The van der Waals surface area contributed by atoms with Crippen molar-refractivity contribution in [3.8, 4) is 0 Å². The summed E-state index contributed by atoms with van der Waals surface area (Å²) >= 11 is 0. The molecule has 0 radical (unpaired) electrons. The van der Waals surface area contributed by atoms with Gasteiger partial charge >= 0.3 is 5.69 Å². The molecular weight excluding hydrogens is 271 g/mol. The first-order chi connectivity index (χ1) is 9.97. The maximum Gasteiger partial charge on any atom is 0.304 e. The predicted octanol–water partition coefficient (Wildman–Crippen LogP) is 3.99. The van der Waals surface area contributed by atoms with Crippen LogP contribution in [0.4, 0.5) is 10.1 Å². The zero-order chi connectivity index (χ0) is 15.4. The average molecular weight is 294 g/mol. The molecule has 1 saturated heterocycles. The van der Waals surface area contributed by atoms with E-state index in [1.54, 1.807) is 6.07 Å². The van der Waals surface area contributed by atoms with Gasteiger partial charge in [0, 0.05) is 12.6 Å². The number of halogens is 1. The van der Waals surface area contributed by atoms with Crippen LogP contribution in [0.15, 0.2) is 18.2 Å². The van der Waals surface area contributed by atoms with E-state index < -0.39 is 16.4 Å². The largest absolute Gasteiger partial charge is 0.304 e. The molecule has 4 nitrogen and oxygen atoms in total. The average Bonchev–Trinajstić information content (AvgIpc) is 2.64. The minimum Gasteiger partial charge on any atom is -0.299 e. The fraction of sp³-hybridized carbons (Fsp3) is 0.625. The van der Waals surface area contributed by atoms with Crippen molar-refractivity contribution in [3.05, 3.63) is 39.7 Å². The van der Waals surface area contributed by atoms with Gasteiger partial charge in [-0.2, -0.15) is 4.39 Å². The summed E-state index contributed by atoms with van der Waals surface area (Å²) in [6.07, 6.45) is 3.59. The van der Waals surface area contributed by atoms with Gasteiger partial charge in [0.15, 0.2) is 0 Å². The molecule has 0 saturated carbocycles. The van der Waals surface area contributed by atoms with Crippen molar-refractivity contribution in [1.82, 2.24) is 4.90 Å². The lowest BCUT2D eigenvalue weighted by Crippen LogP contribution is -2.24. The lowest BCUT2D eigenvalue weighted by atomic mass is 9.89. The summed E-state index contributed by atoms with van der Waals surface area (Å²) in [6.45, 7) is 7.24. The Morgan fingerprint density at radius 2 is 2.14 bits per heavy atom. The lowest BCUT2D eigenvalue weighted by Gasteiger charge is -2.21. The summed E-state index contributed by atoms with van der Waals surface area (Å²) in [5, 5.41) is 10.6. The highest BCUT2D eigenvalue weighted by atomic mass is 19.1. The van der Waals surface area contributed by atoms with Crippen LogP contribution in [0.1, 0.15) is 38.7 Å². The summed E-state index contributed by atoms with van der Waals surface area (Å²) in [5.74, 6) is 0.734. The van der Waals surface area contributed by atoms with E-state index >= 15 is 0 Å². The van der Waals surface area contributed by atoms with E-state index in [-0.39, 0.29) is 0 Å². The van der Waals surface area contributed by atoms with Crippen molar-refractivity contribution in [1.29, 1.82) is 0 Å². The molecule has 1 fully saturated rings. The van der Waals surface area contributed by atoms with E-state index in [4.69, 9.17) is 0 Å². The fourth-order valence-corrected chi connectivity index (χ4v) is 3.06. The third-order valence-corrected chi connectivity index (χ3v) is 4.42. The quantitative estimate of drug-likeness (QED) is 0.623. The highest BCUT2D eigenvalue weighted by Crippen LogP contribution is 2.26. The highest BCUT2D eigenvalue weighted by molar-refractivity contribution is 5.34. The maximum atomic E-state index is 13.6. The zero-order valence-electron chi connectivity index (χ0n) is 12.7. The summed E-state index contributed by atoms with van der Waals surface area (Å²) in [6, 6.07) is 4.22. The number of likely N-dealkylation sites (tertiary alicyclic amines) is 1. The number of nitro benzene ring substituents is 1. The van der Waals surface area contributed by atoms with E-state index in [0.29, 0.717) is 12.5 Å². The van der Waals surface area contributed by atoms with Gasteiger partial charge in [-0.15, -0.1) is 0 Å². The van der Waals surface area contributed by atoms with Crippen molar-refractivity contribution >= 4 is 5.69 Å². The van der Waals surface area contributed by atoms with Crippen LogP contribution in [-0.2, 0) is 6.54 Å². The fourth-order valence-electron chi connectivity index (χ4n) is 3.06. The standard InChI is InChI=1S/C16H23FN2O2/c1-12(2)14-4-3-8-18(9-7-14)11-13-5-6-16(19(20)21)15(17)10-13/h5-6,10,12,14H,3-4,7-9,11H2,1-2H3. The Morgan fingerprint density at radius 1 is 1.38 bits per heavy atom. The van der Waals surface area contributed by atoms with E-state index in [9.17, 15) is 14.5 Å². The van der Waals surface area contributed by atoms with Crippen molar-refractivity contribution < 1.29 is 9.31 Å². The van der Waals surface area contributed by atoms with Gasteiger partial charge in [0.05, 0.1) is 4.92 Å². The monoisotopic (exact) mass is 294 g/mol. The number of nitrogens with zero attached hydrogens (tertiary/aromatic N) is 2. The lowest BCUT2D eigenvalue weighted by molar-refractivity contribution is -0.387. The van der Waals surface area contributed by atoms with Crippen molar-refractivity contribution in [2.24, 2.45) is 11.8 Å². The molecular formula is C16H23FN2O2. The Kier molecular flexibility index (Phi) is 5.28. The summed E-state index contributed by atoms with van der Waals surface area (Å²) in [7, 11) is 0. The number of rotatable bonds is 4. The van der Waals surface area contributed by atoms with Gasteiger partial charge < -0.3 is 0 Å². The van der Waals surface area contributed by atoms with Crippen LogP contribution >= 0.6 is 0 Å². The van der Waals surface area contributed by atoms with Gasteiger partial charge in [-0.05, 0) is 55.8 Å². The highest BCUT2D eigenvalue weighted by Gasteiger charge is 2.20. The van der Waals surface area contributed by atoms with Crippen molar-refractivity contribution in [2.75, 3.05) is 13.1 Å². The number of hydrogen-bond acceptors (Lipinski definition) is 3. The van der Waals surface area contributed by atoms with Gasteiger partial charge in [0.2, 0.25) is 5.82 Å². The molecule has 5 heteroatoms. The van der Waals surface area contributed by atoms with Crippen LogP contribution in [0.3, 0.4) is 0 Å². The minimum atomic E-state index is -0.743. The Morgan fingerprint density at radius 3 is 2.76 bits per heavy atom. The van der Waals surface area contributed by atoms with Gasteiger partial charge in [-0.3, -0.25) is 15.0 Å². The number of nitro groups is 1. The van der Waals surface area contributed by atoms with Gasteiger partial charge in [0.25, 0.3) is 0 Å². The van der Waals surface area contributed by atoms with Crippen molar-refractivity contribution in [2.45, 2.75) is 39.7 Å². The Labute approximate surface area is 125 Å². The number of benzene rings is 1. The van der Waals surface area contributed by atoms with Gasteiger partial charge in [-0.25, -0.2) is 0 Å². The SMILES string of the molecule is CC(C)C1CCCN(Cc2ccc([N+](=O)[O-])c(F)c2)CC1. The van der Waals surface area contributed by atoms with Crippen LogP contribution in [0, 0.1) is 27.8 Å². The molecule has 21 heavy (non-hydrogen) atoms. The van der Waals surface area contributed by atoms with Crippen LogP contribution in [0.5, 0.6) is 0 Å². The first-order valence-corrected chi connectivity index (χ1v) is 7.62. The molecule has 1 unspecified atom stereocenters. The number of hydrogen-bond donors (Lipinski definition) is 0. The molecule has 116 valence electrons. The second-order valence-electron chi connectivity index (χ2n) is 6.25. The third kappa shape index (κ3) is 4.24. The van der Waals surface area contributed by atoms with E-state index in [0.717, 1.165) is 31.0 Å². The smallest absolute Gasteiger partial charge is 0.299 e. The maximum absolute atomic E-state index is 13.6. The third-order valence-electron chi connectivity index (χ3n) is 4.42. The summed E-state index contributed by atoms with van der Waals surface area (Å²) < 4.78 is 13.6. The van der Waals surface area contributed by atoms with E-state index in [1.165, 1.54) is 25.0 Å². The molecule has 1 aromatic carbocycles. The molecule has 1 heterocycles. The topological polar surface area (TPSA) is 46.4 Å². The Hall–Kier alpha value is -1.49. The zero-order valence-corrected chi connectivity index (χ0v) is 12.7. The minimum absolute atomic E-state index is 0.450. The second kappa shape index (κ2) is 6.98. The summed E-state index contributed by atoms with van der Waals surface area (Å²) in [5.41, 5.74) is 0.357. The molecule has 1 aliphatic heterocycles. The molecule has 1 aromatic rings. The van der Waals surface area contributed by atoms with Crippen LogP contribution < -0.4 is 0 Å². The molecule has 1 aliphatic rings.